The summed E-state index contributed by atoms with van der Waals surface area (Å²) in [5.41, 5.74) is 10.9. The maximum absolute atomic E-state index is 6.32. The molecule has 0 N–H and O–H groups in total. The molecule has 0 fully saturated rings. The van der Waals surface area contributed by atoms with E-state index in [2.05, 4.69) is 125 Å². The number of fused-ring (bicyclic) bond motifs is 9. The molecular weight excluding hydrogens is 703 g/mol. The Morgan fingerprint density at radius 2 is 0.982 bits per heavy atom. The first kappa shape index (κ1) is 31.5. The lowest BCUT2D eigenvalue weighted by molar-refractivity contribution is 0.667. The lowest BCUT2D eigenvalue weighted by Crippen LogP contribution is -2.04. The minimum absolute atomic E-state index is 0.536. The zero-order valence-electron chi connectivity index (χ0n) is 30.3. The summed E-state index contributed by atoms with van der Waals surface area (Å²) in [6.07, 6.45) is 3.54. The summed E-state index contributed by atoms with van der Waals surface area (Å²) in [5, 5.41) is 6.50. The van der Waals surface area contributed by atoms with Crippen LogP contribution >= 0.6 is 0 Å². The Balaban J connectivity index is 1.13. The van der Waals surface area contributed by atoms with E-state index in [0.29, 0.717) is 17.5 Å². The normalized spacial score (nSPS) is 11.9. The predicted octanol–water partition coefficient (Wildman–Crippen LogP) is 12.8. The van der Waals surface area contributed by atoms with Gasteiger partial charge in [-0.05, 0) is 65.7 Å². The molecule has 266 valence electrons. The van der Waals surface area contributed by atoms with Gasteiger partial charge in [-0.15, -0.1) is 0 Å². The van der Waals surface area contributed by atoms with Crippen LogP contribution < -0.4 is 0 Å². The highest BCUT2D eigenvalue weighted by molar-refractivity contribution is 6.14. The van der Waals surface area contributed by atoms with Crippen LogP contribution in [-0.2, 0) is 0 Å². The van der Waals surface area contributed by atoms with Crippen molar-refractivity contribution in [3.63, 3.8) is 0 Å². The molecule has 57 heavy (non-hydrogen) atoms. The Morgan fingerprint density at radius 3 is 1.81 bits per heavy atom. The van der Waals surface area contributed by atoms with Gasteiger partial charge in [-0.2, -0.15) is 0 Å². The summed E-state index contributed by atoms with van der Waals surface area (Å²) in [5.74, 6) is 1.65. The van der Waals surface area contributed by atoms with Crippen molar-refractivity contribution in [2.75, 3.05) is 0 Å². The maximum atomic E-state index is 6.32. The van der Waals surface area contributed by atoms with E-state index in [9.17, 15) is 0 Å². The molecule has 0 aliphatic carbocycles. The zero-order valence-corrected chi connectivity index (χ0v) is 30.3. The molecular formula is C50H29N5O2. The number of rotatable bonds is 5. The monoisotopic (exact) mass is 731 g/mol. The lowest BCUT2D eigenvalue weighted by atomic mass is 9.95. The second kappa shape index (κ2) is 12.3. The first-order valence-corrected chi connectivity index (χ1v) is 18.9. The largest absolute Gasteiger partial charge is 0.456 e. The highest BCUT2D eigenvalue weighted by Crippen LogP contribution is 2.42. The van der Waals surface area contributed by atoms with Crippen LogP contribution in [0.15, 0.2) is 185 Å². The average Bonchev–Trinajstić information content (AvgIpc) is 3.96. The van der Waals surface area contributed by atoms with Gasteiger partial charge < -0.3 is 13.4 Å². The topological polar surface area (TPSA) is 82.8 Å². The van der Waals surface area contributed by atoms with E-state index in [0.717, 1.165) is 88.4 Å². The van der Waals surface area contributed by atoms with Crippen LogP contribution in [0.2, 0.25) is 0 Å². The molecule has 12 rings (SSSR count). The number of furan rings is 2. The lowest BCUT2D eigenvalue weighted by Gasteiger charge is -2.15. The van der Waals surface area contributed by atoms with Gasteiger partial charge in [0, 0.05) is 55.2 Å². The Labute approximate surface area is 325 Å². The third-order valence-electron chi connectivity index (χ3n) is 11.0. The molecule has 7 heteroatoms. The molecule has 5 heterocycles. The van der Waals surface area contributed by atoms with E-state index in [4.69, 9.17) is 23.8 Å². The summed E-state index contributed by atoms with van der Waals surface area (Å²) in [4.78, 5) is 20.2. The van der Waals surface area contributed by atoms with Crippen LogP contribution in [0.5, 0.6) is 0 Å². The highest BCUT2D eigenvalue weighted by Gasteiger charge is 2.22. The van der Waals surface area contributed by atoms with E-state index >= 15 is 0 Å². The molecule has 0 saturated heterocycles. The fourth-order valence-corrected chi connectivity index (χ4v) is 8.47. The van der Waals surface area contributed by atoms with Gasteiger partial charge in [0.1, 0.15) is 16.7 Å². The third-order valence-corrected chi connectivity index (χ3v) is 11.0. The maximum Gasteiger partial charge on any atom is 0.166 e. The SMILES string of the molecule is c1ccc(-c2cccc3oc4ccccc4c23)c(-c2nc(-c3ccc4c(c3)oc3cnccc34)nc(-c3ccccc3-n3c4ccccc4c4ccccc43)n2)c1. The van der Waals surface area contributed by atoms with Crippen LogP contribution in [0.1, 0.15) is 0 Å². The molecule has 5 aromatic heterocycles. The van der Waals surface area contributed by atoms with Crippen LogP contribution in [0.3, 0.4) is 0 Å². The van der Waals surface area contributed by atoms with Crippen molar-refractivity contribution in [3.05, 3.63) is 176 Å². The summed E-state index contributed by atoms with van der Waals surface area (Å²) < 4.78 is 14.9. The molecule has 0 aliphatic rings. The average molecular weight is 732 g/mol. The summed E-state index contributed by atoms with van der Waals surface area (Å²) in [6.45, 7) is 0. The first-order valence-electron chi connectivity index (χ1n) is 18.9. The van der Waals surface area contributed by atoms with Crippen LogP contribution in [0.4, 0.5) is 0 Å². The molecule has 0 atom stereocenters. The molecule has 0 saturated carbocycles. The van der Waals surface area contributed by atoms with Gasteiger partial charge in [-0.25, -0.2) is 15.0 Å². The molecule has 0 spiro atoms. The van der Waals surface area contributed by atoms with Crippen molar-refractivity contribution < 1.29 is 8.83 Å². The molecule has 0 unspecified atom stereocenters. The van der Waals surface area contributed by atoms with Crippen LogP contribution in [-0.4, -0.2) is 24.5 Å². The van der Waals surface area contributed by atoms with Crippen molar-refractivity contribution in [1.82, 2.24) is 24.5 Å². The number of hydrogen-bond donors (Lipinski definition) is 0. The van der Waals surface area contributed by atoms with Gasteiger partial charge in [0.2, 0.25) is 0 Å². The standard InChI is InChI=1S/C50H29N5O2/c1-2-15-37(31(12-1)36-18-11-23-44-47(36)39-17-6-10-22-43(39)56-44)49-52-48(30-24-25-34-35-26-27-51-29-46(35)57-45(34)28-30)53-50(54-49)38-16-5-9-21-42(38)55-40-19-7-3-13-32(40)33-14-4-8-20-41(33)55/h1-29H. The Morgan fingerprint density at radius 1 is 0.386 bits per heavy atom. The van der Waals surface area contributed by atoms with Crippen molar-refractivity contribution in [3.8, 4) is 51.0 Å². The molecule has 0 amide bonds. The minimum Gasteiger partial charge on any atom is -0.456 e. The van der Waals surface area contributed by atoms with Crippen LogP contribution in [0, 0.1) is 0 Å². The molecule has 0 bridgehead atoms. The Bertz CT molecular complexity index is 3500. The quantitative estimate of drug-likeness (QED) is 0.175. The van der Waals surface area contributed by atoms with Gasteiger partial charge in [0.25, 0.3) is 0 Å². The number of hydrogen-bond acceptors (Lipinski definition) is 6. The van der Waals surface area contributed by atoms with Crippen molar-refractivity contribution in [2.45, 2.75) is 0 Å². The smallest absolute Gasteiger partial charge is 0.166 e. The van der Waals surface area contributed by atoms with Gasteiger partial charge >= 0.3 is 0 Å². The second-order valence-corrected chi connectivity index (χ2v) is 14.2. The van der Waals surface area contributed by atoms with Gasteiger partial charge in [0.15, 0.2) is 23.1 Å². The zero-order chi connectivity index (χ0) is 37.5. The first-order chi connectivity index (χ1) is 28.3. The number of para-hydroxylation sites is 4. The van der Waals surface area contributed by atoms with E-state index in [1.807, 2.05) is 48.5 Å². The molecule has 12 aromatic rings. The fourth-order valence-electron chi connectivity index (χ4n) is 8.47. The van der Waals surface area contributed by atoms with Gasteiger partial charge in [0.05, 0.1) is 22.9 Å². The summed E-state index contributed by atoms with van der Waals surface area (Å²) in [6, 6.07) is 56.3. The van der Waals surface area contributed by atoms with E-state index in [1.165, 1.54) is 10.8 Å². The minimum atomic E-state index is 0.536. The Kier molecular flexibility index (Phi) is 6.79. The number of aromatic nitrogens is 5. The number of pyridine rings is 1. The van der Waals surface area contributed by atoms with Crippen molar-refractivity contribution in [2.24, 2.45) is 0 Å². The molecule has 7 aromatic carbocycles. The van der Waals surface area contributed by atoms with Crippen LogP contribution in [0.25, 0.3) is 117 Å². The van der Waals surface area contributed by atoms with Crippen molar-refractivity contribution in [1.29, 1.82) is 0 Å². The Hall–Kier alpha value is -7.90. The number of benzene rings is 7. The number of nitrogens with zero attached hydrogens (tertiary/aromatic N) is 5. The van der Waals surface area contributed by atoms with Gasteiger partial charge in [-0.3, -0.25) is 4.98 Å². The van der Waals surface area contributed by atoms with E-state index in [-0.39, 0.29) is 0 Å². The molecule has 0 radical (unpaired) electrons. The van der Waals surface area contributed by atoms with E-state index in [1.54, 1.807) is 12.4 Å². The molecule has 7 nitrogen and oxygen atoms in total. The highest BCUT2D eigenvalue weighted by atomic mass is 16.3. The van der Waals surface area contributed by atoms with Gasteiger partial charge in [-0.1, -0.05) is 109 Å². The second-order valence-electron chi connectivity index (χ2n) is 14.2. The van der Waals surface area contributed by atoms with Crippen molar-refractivity contribution >= 4 is 65.7 Å². The predicted molar refractivity (Wildman–Crippen MR) is 228 cm³/mol. The summed E-state index contributed by atoms with van der Waals surface area (Å²) in [7, 11) is 0. The summed E-state index contributed by atoms with van der Waals surface area (Å²) >= 11 is 0. The molecule has 0 aliphatic heterocycles. The van der Waals surface area contributed by atoms with E-state index < -0.39 is 0 Å². The fraction of sp³-hybridized carbons (Fsp3) is 0. The third kappa shape index (κ3) is 4.86.